The van der Waals surface area contributed by atoms with Crippen LogP contribution in [0, 0.1) is 0 Å². The summed E-state index contributed by atoms with van der Waals surface area (Å²) in [6.07, 6.45) is 13.3. The van der Waals surface area contributed by atoms with Crippen LogP contribution in [0.4, 0.5) is 0 Å². The molecule has 0 aliphatic rings. The lowest BCUT2D eigenvalue weighted by Gasteiger charge is -2.28. The molecule has 0 amide bonds. The third kappa shape index (κ3) is 15.8. The predicted octanol–water partition coefficient (Wildman–Crippen LogP) is 11.6. The van der Waals surface area contributed by atoms with Gasteiger partial charge in [-0.25, -0.2) is 4.98 Å². The maximum absolute atomic E-state index is 5.95. The van der Waals surface area contributed by atoms with Crippen LogP contribution in [-0.4, -0.2) is 39.4 Å². The molecular weight excluding hydrogens is 615 g/mol. The lowest BCUT2D eigenvalue weighted by atomic mass is 10.1. The summed E-state index contributed by atoms with van der Waals surface area (Å²) in [4.78, 5) is 4.66. The Bertz CT molecular complexity index is 767. The zero-order valence-electron chi connectivity index (χ0n) is 22.4. The van der Waals surface area contributed by atoms with E-state index in [9.17, 15) is 0 Å². The van der Waals surface area contributed by atoms with Crippen LogP contribution in [0.3, 0.4) is 0 Å². The normalized spacial score (nSPS) is 12.1. The van der Waals surface area contributed by atoms with Gasteiger partial charge in [0, 0.05) is 31.6 Å². The maximum Gasteiger partial charge on any atom is 0.500 e. The second kappa shape index (κ2) is 22.9. The number of para-hydroxylation sites is 1. The Balaban J connectivity index is 1.32. The van der Waals surface area contributed by atoms with Crippen LogP contribution >= 0.6 is 72.2 Å². The number of aromatic nitrogens is 1. The summed E-state index contributed by atoms with van der Waals surface area (Å²) in [6.45, 7) is 8.11. The van der Waals surface area contributed by atoms with Gasteiger partial charge < -0.3 is 13.3 Å². The molecule has 4 nitrogen and oxygen atoms in total. The molecule has 0 bridgehead atoms. The van der Waals surface area contributed by atoms with Gasteiger partial charge >= 0.3 is 8.80 Å². The van der Waals surface area contributed by atoms with E-state index < -0.39 is 8.80 Å². The monoisotopic (exact) mass is 657 g/mol. The summed E-state index contributed by atoms with van der Waals surface area (Å²) in [6, 6.07) is 9.31. The third-order valence-electron chi connectivity index (χ3n) is 5.56. The van der Waals surface area contributed by atoms with Crippen LogP contribution in [0.25, 0.3) is 10.2 Å². The fourth-order valence-electron chi connectivity index (χ4n) is 3.92. The lowest BCUT2D eigenvalue weighted by Crippen LogP contribution is -2.45. The van der Waals surface area contributed by atoms with Crippen LogP contribution in [0.5, 0.6) is 0 Å². The predicted molar refractivity (Wildman–Crippen MR) is 180 cm³/mol. The molecule has 0 unspecified atom stereocenters. The Labute approximate surface area is 252 Å². The molecule has 2 rings (SSSR count). The van der Waals surface area contributed by atoms with Crippen molar-refractivity contribution in [3.63, 3.8) is 0 Å². The fraction of sp³-hybridized carbons (Fsp3) is 0.720. The number of rotatable bonds is 25. The largest absolute Gasteiger partial charge is 0.500 e. The molecule has 0 atom stereocenters. The van der Waals surface area contributed by atoms with Crippen molar-refractivity contribution in [3.8, 4) is 0 Å². The van der Waals surface area contributed by atoms with Crippen molar-refractivity contribution in [3.05, 3.63) is 24.3 Å². The van der Waals surface area contributed by atoms with Gasteiger partial charge in [-0.1, -0.05) is 74.3 Å². The van der Waals surface area contributed by atoms with Crippen LogP contribution in [0.15, 0.2) is 28.6 Å². The fourth-order valence-corrected chi connectivity index (χ4v) is 19.5. The lowest BCUT2D eigenvalue weighted by molar-refractivity contribution is 0.0706. The zero-order chi connectivity index (χ0) is 26.4. The molecule has 1 aromatic carbocycles. The highest BCUT2D eigenvalue weighted by Crippen LogP contribution is 2.54. The number of unbranched alkanes of at least 4 members (excludes halogenated alkanes) is 9. The quantitative estimate of drug-likeness (QED) is 0.0585. The van der Waals surface area contributed by atoms with Gasteiger partial charge in [0.25, 0.3) is 0 Å². The zero-order valence-corrected chi connectivity index (χ0v) is 29.2. The molecule has 0 aliphatic carbocycles. The van der Waals surface area contributed by atoms with E-state index in [4.69, 9.17) is 13.3 Å². The Morgan fingerprint density at radius 1 is 0.703 bits per heavy atom. The minimum atomic E-state index is -2.43. The summed E-state index contributed by atoms with van der Waals surface area (Å²) >= 11 is 1.78. The van der Waals surface area contributed by atoms with Crippen molar-refractivity contribution < 1.29 is 13.3 Å². The first kappa shape index (κ1) is 34.5. The molecule has 12 heteroatoms. The van der Waals surface area contributed by atoms with Crippen molar-refractivity contribution in [2.24, 2.45) is 0 Å². The van der Waals surface area contributed by atoms with Gasteiger partial charge in [-0.3, -0.25) is 0 Å². The Kier molecular flexibility index (Phi) is 21.4. The molecule has 0 radical (unpaired) electrons. The molecule has 2 aromatic rings. The SMILES string of the molecule is CCO[Si](CCCCCCCCCCCCSSSSSSc1nc2ccccc2s1)(OCC)OCC. The van der Waals surface area contributed by atoms with Gasteiger partial charge in [0.1, 0.15) is 0 Å². The minimum absolute atomic E-state index is 0.673. The molecule has 0 N–H and O–H groups in total. The first-order chi connectivity index (χ1) is 18.2. The molecule has 0 saturated heterocycles. The van der Waals surface area contributed by atoms with E-state index in [0.717, 1.165) is 22.3 Å². The molecule has 1 aromatic heterocycles. The number of hydrogen-bond donors (Lipinski definition) is 0. The van der Waals surface area contributed by atoms with Gasteiger partial charge in [-0.05, 0) is 95.8 Å². The molecule has 0 aliphatic heterocycles. The van der Waals surface area contributed by atoms with Crippen LogP contribution in [0.2, 0.25) is 6.04 Å². The smallest absolute Gasteiger partial charge is 0.374 e. The summed E-state index contributed by atoms with van der Waals surface area (Å²) < 4.78 is 20.3. The van der Waals surface area contributed by atoms with Crippen LogP contribution in [0.1, 0.15) is 85.0 Å². The van der Waals surface area contributed by atoms with Crippen LogP contribution in [-0.2, 0) is 13.3 Å². The number of nitrogens with zero attached hydrogens (tertiary/aromatic N) is 1. The van der Waals surface area contributed by atoms with E-state index in [1.807, 2.05) is 70.9 Å². The highest BCUT2D eigenvalue weighted by Gasteiger charge is 2.39. The Morgan fingerprint density at radius 3 is 1.89 bits per heavy atom. The standard InChI is InChI=1S/C25H43NO3S7Si/c1-4-27-37(28-5-2,29-6-3)22-18-14-12-10-8-7-9-11-13-17-21-30-33-35-36-34-32-25-26-23-19-15-16-20-24(23)31-25/h15-16,19-20H,4-14,17-18,21-22H2,1-3H3. The van der Waals surface area contributed by atoms with Gasteiger partial charge in [-0.2, -0.15) is 0 Å². The first-order valence-electron chi connectivity index (χ1n) is 13.5. The second-order valence-corrected chi connectivity index (χ2v) is 21.9. The van der Waals surface area contributed by atoms with Gasteiger partial charge in [0.05, 0.1) is 10.2 Å². The minimum Gasteiger partial charge on any atom is -0.374 e. The topological polar surface area (TPSA) is 40.6 Å². The van der Waals surface area contributed by atoms with E-state index >= 15 is 0 Å². The number of benzene rings is 1. The van der Waals surface area contributed by atoms with E-state index in [2.05, 4.69) is 29.2 Å². The second-order valence-electron chi connectivity index (χ2n) is 8.39. The average molecular weight is 658 g/mol. The molecule has 0 spiro atoms. The summed E-state index contributed by atoms with van der Waals surface area (Å²) in [5.41, 5.74) is 1.11. The highest BCUT2D eigenvalue weighted by molar-refractivity contribution is 9.41. The summed E-state index contributed by atoms with van der Waals surface area (Å²) in [5, 5.41) is 0. The molecule has 37 heavy (non-hydrogen) atoms. The Hall–Kier alpha value is 1.31. The van der Waals surface area contributed by atoms with E-state index in [-0.39, 0.29) is 0 Å². The van der Waals surface area contributed by atoms with E-state index in [0.29, 0.717) is 19.8 Å². The molecule has 0 saturated carbocycles. The molecule has 212 valence electrons. The van der Waals surface area contributed by atoms with Gasteiger partial charge in [-0.15, -0.1) is 11.3 Å². The highest BCUT2D eigenvalue weighted by atomic mass is 33.9. The van der Waals surface area contributed by atoms with Crippen molar-refractivity contribution in [1.82, 2.24) is 4.98 Å². The van der Waals surface area contributed by atoms with E-state index in [1.54, 1.807) is 22.1 Å². The maximum atomic E-state index is 5.95. The number of hydrogen-bond acceptors (Lipinski definition) is 11. The third-order valence-corrected chi connectivity index (χ3v) is 20.8. The van der Waals surface area contributed by atoms with Gasteiger partial charge in [0.15, 0.2) is 4.34 Å². The van der Waals surface area contributed by atoms with Crippen molar-refractivity contribution in [1.29, 1.82) is 0 Å². The molecule has 0 fully saturated rings. The first-order valence-corrected chi connectivity index (χ1v) is 23.9. The Morgan fingerprint density at radius 2 is 1.27 bits per heavy atom. The number of fused-ring (bicyclic) bond motifs is 1. The molecular formula is C25H43NO3S7Si. The van der Waals surface area contributed by atoms with Crippen molar-refractivity contribution in [2.45, 2.75) is 95.4 Å². The van der Waals surface area contributed by atoms with Crippen molar-refractivity contribution >= 4 is 91.2 Å². The number of thiazole rings is 1. The van der Waals surface area contributed by atoms with E-state index in [1.165, 1.54) is 68.2 Å². The molecule has 1 heterocycles. The van der Waals surface area contributed by atoms with Crippen molar-refractivity contribution in [2.75, 3.05) is 25.6 Å². The average Bonchev–Trinajstić information content (AvgIpc) is 3.31. The summed E-state index contributed by atoms with van der Waals surface area (Å²) in [7, 11) is 8.75. The van der Waals surface area contributed by atoms with Crippen LogP contribution < -0.4 is 0 Å². The summed E-state index contributed by atoms with van der Waals surface area (Å²) in [5.74, 6) is 1.25. The van der Waals surface area contributed by atoms with Gasteiger partial charge in [0.2, 0.25) is 0 Å².